The number of hydrogen-bond donors (Lipinski definition) is 1. The molecule has 0 spiro atoms. The summed E-state index contributed by atoms with van der Waals surface area (Å²) in [4.78, 5) is 22.3. The minimum Gasteiger partial charge on any atom is -0.475 e. The Labute approximate surface area is 117 Å². The number of carbonyl (C=O) groups is 2. The van der Waals surface area contributed by atoms with Crippen LogP contribution >= 0.6 is 0 Å². The molecule has 0 aliphatic rings. The molecule has 0 bridgehead atoms. The van der Waals surface area contributed by atoms with E-state index < -0.39 is 5.97 Å². The molecule has 0 saturated carbocycles. The van der Waals surface area contributed by atoms with Crippen LogP contribution in [-0.4, -0.2) is 17.4 Å². The molecule has 0 unspecified atom stereocenters. The number of carbonyl (C=O) groups excluding carboxylic acids is 1. The van der Waals surface area contributed by atoms with Crippen molar-refractivity contribution >= 4 is 45.2 Å². The topological polar surface area (TPSA) is 80.7 Å². The van der Waals surface area contributed by atoms with E-state index in [0.29, 0.717) is 22.8 Å². The van der Waals surface area contributed by atoms with Gasteiger partial charge in [0, 0.05) is 22.2 Å². The molecule has 5 nitrogen and oxygen atoms in total. The second-order valence-electron chi connectivity index (χ2n) is 4.71. The second-order valence-corrected chi connectivity index (χ2v) is 4.71. The molecule has 0 aliphatic heterocycles. The summed E-state index contributed by atoms with van der Waals surface area (Å²) in [7, 11) is 0. The van der Waals surface area contributed by atoms with Crippen molar-refractivity contribution in [1.29, 1.82) is 0 Å². The molecule has 0 fully saturated rings. The molecule has 2 aromatic heterocycles. The minimum atomic E-state index is -1.18. The van der Waals surface area contributed by atoms with Crippen molar-refractivity contribution in [2.75, 3.05) is 0 Å². The maximum absolute atomic E-state index is 11.2. The van der Waals surface area contributed by atoms with Gasteiger partial charge in [-0.05, 0) is 12.1 Å². The summed E-state index contributed by atoms with van der Waals surface area (Å²) >= 11 is 0. The number of fused-ring (bicyclic) bond motifs is 5. The lowest BCUT2D eigenvalue weighted by Crippen LogP contribution is -1.91. The summed E-state index contributed by atoms with van der Waals surface area (Å²) < 4.78 is 11.0. The van der Waals surface area contributed by atoms with E-state index in [9.17, 15) is 9.59 Å². The van der Waals surface area contributed by atoms with Gasteiger partial charge in [-0.2, -0.15) is 0 Å². The fourth-order valence-electron chi connectivity index (χ4n) is 2.63. The molecule has 0 radical (unpaired) electrons. The van der Waals surface area contributed by atoms with Gasteiger partial charge < -0.3 is 13.9 Å². The first kappa shape index (κ1) is 11.7. The number of carboxylic acids is 1. The van der Waals surface area contributed by atoms with E-state index in [-0.39, 0.29) is 16.9 Å². The summed E-state index contributed by atoms with van der Waals surface area (Å²) in [5, 5.41) is 11.3. The van der Waals surface area contributed by atoms with Gasteiger partial charge in [0.1, 0.15) is 16.7 Å². The third-order valence-corrected chi connectivity index (χ3v) is 3.51. The zero-order valence-electron chi connectivity index (χ0n) is 10.6. The van der Waals surface area contributed by atoms with Crippen molar-refractivity contribution in [3.05, 3.63) is 47.7 Å². The average Bonchev–Trinajstić information content (AvgIpc) is 3.06. The number of para-hydroxylation sites is 1. The lowest BCUT2D eigenvalue weighted by Gasteiger charge is -1.95. The van der Waals surface area contributed by atoms with Crippen molar-refractivity contribution in [3.63, 3.8) is 0 Å². The highest BCUT2D eigenvalue weighted by atomic mass is 16.4. The van der Waals surface area contributed by atoms with Crippen LogP contribution in [0, 0.1) is 0 Å². The Kier molecular flexibility index (Phi) is 2.21. The third kappa shape index (κ3) is 1.51. The number of carboxylic acid groups (broad SMARTS) is 1. The van der Waals surface area contributed by atoms with Gasteiger partial charge in [-0.1, -0.05) is 18.2 Å². The van der Waals surface area contributed by atoms with E-state index in [2.05, 4.69) is 0 Å². The Morgan fingerprint density at radius 1 is 1.05 bits per heavy atom. The molecular formula is C16H8O5. The zero-order valence-corrected chi connectivity index (χ0v) is 10.6. The van der Waals surface area contributed by atoms with Crippen LogP contribution in [0.4, 0.5) is 0 Å². The Morgan fingerprint density at radius 3 is 2.62 bits per heavy atom. The van der Waals surface area contributed by atoms with E-state index >= 15 is 0 Å². The number of aldehydes is 1. The molecule has 21 heavy (non-hydrogen) atoms. The smallest absolute Gasteiger partial charge is 0.371 e. The first-order chi connectivity index (χ1) is 10.2. The lowest BCUT2D eigenvalue weighted by atomic mass is 10.1. The summed E-state index contributed by atoms with van der Waals surface area (Å²) in [6.45, 7) is 0. The zero-order chi connectivity index (χ0) is 14.6. The molecule has 102 valence electrons. The average molecular weight is 280 g/mol. The van der Waals surface area contributed by atoms with Crippen molar-refractivity contribution in [2.45, 2.75) is 0 Å². The summed E-state index contributed by atoms with van der Waals surface area (Å²) in [6, 6.07) is 10.4. The van der Waals surface area contributed by atoms with Gasteiger partial charge in [-0.3, -0.25) is 4.79 Å². The Bertz CT molecular complexity index is 1040. The Hall–Kier alpha value is -3.08. The number of hydrogen-bond acceptors (Lipinski definition) is 4. The van der Waals surface area contributed by atoms with Crippen molar-refractivity contribution < 1.29 is 23.5 Å². The Morgan fingerprint density at radius 2 is 1.86 bits per heavy atom. The van der Waals surface area contributed by atoms with Crippen molar-refractivity contribution in [3.8, 4) is 0 Å². The van der Waals surface area contributed by atoms with Gasteiger partial charge in [-0.25, -0.2) is 4.79 Å². The lowest BCUT2D eigenvalue weighted by molar-refractivity contribution is 0.0664. The van der Waals surface area contributed by atoms with Gasteiger partial charge in [0.15, 0.2) is 6.29 Å². The van der Waals surface area contributed by atoms with Gasteiger partial charge in [0.2, 0.25) is 5.76 Å². The molecule has 5 heteroatoms. The minimum absolute atomic E-state index is 0.203. The van der Waals surface area contributed by atoms with E-state index in [1.807, 2.05) is 24.3 Å². The molecule has 1 N–H and O–H groups in total. The van der Waals surface area contributed by atoms with Gasteiger partial charge in [-0.15, -0.1) is 0 Å². The molecule has 4 rings (SSSR count). The molecule has 2 aromatic carbocycles. The summed E-state index contributed by atoms with van der Waals surface area (Å²) in [6.07, 6.45) is 0.629. The molecule has 4 aromatic rings. The molecule has 2 heterocycles. The SMILES string of the molecule is O=Cc1cc2oc3ccccc3c2c2cc(C(=O)O)oc12. The Balaban J connectivity index is 2.29. The van der Waals surface area contributed by atoms with Gasteiger partial charge >= 0.3 is 5.97 Å². The van der Waals surface area contributed by atoms with Crippen LogP contribution in [-0.2, 0) is 0 Å². The van der Waals surface area contributed by atoms with Crippen LogP contribution in [0.2, 0.25) is 0 Å². The number of aromatic carboxylic acids is 1. The van der Waals surface area contributed by atoms with E-state index in [0.717, 1.165) is 10.8 Å². The first-order valence-corrected chi connectivity index (χ1v) is 6.25. The van der Waals surface area contributed by atoms with Crippen LogP contribution < -0.4 is 0 Å². The summed E-state index contributed by atoms with van der Waals surface area (Å²) in [5.41, 5.74) is 1.74. The quantitative estimate of drug-likeness (QED) is 0.564. The predicted molar refractivity (Wildman–Crippen MR) is 75.8 cm³/mol. The highest BCUT2D eigenvalue weighted by molar-refractivity contribution is 6.21. The van der Waals surface area contributed by atoms with Crippen molar-refractivity contribution in [1.82, 2.24) is 0 Å². The van der Waals surface area contributed by atoms with Crippen LogP contribution in [0.25, 0.3) is 32.9 Å². The molecule has 0 aliphatic carbocycles. The van der Waals surface area contributed by atoms with Crippen LogP contribution in [0.1, 0.15) is 20.9 Å². The monoisotopic (exact) mass is 280 g/mol. The molecule has 0 atom stereocenters. The maximum Gasteiger partial charge on any atom is 0.371 e. The van der Waals surface area contributed by atoms with E-state index in [4.69, 9.17) is 13.9 Å². The van der Waals surface area contributed by atoms with Crippen LogP contribution in [0.3, 0.4) is 0 Å². The number of rotatable bonds is 2. The van der Waals surface area contributed by atoms with E-state index in [1.165, 1.54) is 6.07 Å². The first-order valence-electron chi connectivity index (χ1n) is 6.25. The number of benzene rings is 2. The van der Waals surface area contributed by atoms with Gasteiger partial charge in [0.05, 0.1) is 5.56 Å². The fraction of sp³-hybridized carbons (Fsp3) is 0. The standard InChI is InChI=1S/C16H8O5/c17-7-8-5-12-14(9-3-1-2-4-11(9)20-12)10-6-13(16(18)19)21-15(8)10/h1-7H,(H,18,19). The molecule has 0 saturated heterocycles. The maximum atomic E-state index is 11.2. The van der Waals surface area contributed by atoms with Crippen LogP contribution in [0.15, 0.2) is 45.2 Å². The highest BCUT2D eigenvalue weighted by Crippen LogP contribution is 2.37. The summed E-state index contributed by atoms with van der Waals surface area (Å²) in [5.74, 6) is -1.38. The predicted octanol–water partition coefficient (Wildman–Crippen LogP) is 3.84. The van der Waals surface area contributed by atoms with Crippen molar-refractivity contribution in [2.24, 2.45) is 0 Å². The van der Waals surface area contributed by atoms with Crippen LogP contribution in [0.5, 0.6) is 0 Å². The largest absolute Gasteiger partial charge is 0.475 e. The van der Waals surface area contributed by atoms with Gasteiger partial charge in [0.25, 0.3) is 0 Å². The fourth-order valence-corrected chi connectivity index (χ4v) is 2.63. The molecular weight excluding hydrogens is 272 g/mol. The highest BCUT2D eigenvalue weighted by Gasteiger charge is 2.19. The normalized spacial score (nSPS) is 11.4. The third-order valence-electron chi connectivity index (χ3n) is 3.51. The van der Waals surface area contributed by atoms with E-state index in [1.54, 1.807) is 6.07 Å². The second kappa shape index (κ2) is 3.96. The molecule has 0 amide bonds. The number of furan rings is 2.